The molecular weight excluding hydrogens is 248 g/mol. The van der Waals surface area contributed by atoms with Crippen molar-refractivity contribution in [1.29, 1.82) is 0 Å². The molecule has 3 atom stereocenters. The van der Waals surface area contributed by atoms with Crippen molar-refractivity contribution in [3.8, 4) is 0 Å². The monoisotopic (exact) mass is 282 g/mol. The maximum Gasteiger partial charge on any atom is 0.0347 e. The van der Waals surface area contributed by atoms with Crippen molar-refractivity contribution in [2.75, 3.05) is 53.4 Å². The van der Waals surface area contributed by atoms with E-state index in [1.165, 1.54) is 58.5 Å². The Bertz CT molecular complexity index is 284. The molecule has 118 valence electrons. The van der Waals surface area contributed by atoms with Crippen LogP contribution in [0.3, 0.4) is 0 Å². The van der Waals surface area contributed by atoms with Crippen LogP contribution in [-0.2, 0) is 0 Å². The van der Waals surface area contributed by atoms with Crippen LogP contribution < -0.4 is 5.32 Å². The molecule has 0 aromatic heterocycles. The van der Waals surface area contributed by atoms with Gasteiger partial charge in [0.15, 0.2) is 0 Å². The van der Waals surface area contributed by atoms with E-state index in [2.05, 4.69) is 48.0 Å². The first-order chi connectivity index (χ1) is 9.63. The molecule has 3 unspecified atom stereocenters. The quantitative estimate of drug-likeness (QED) is 0.815. The van der Waals surface area contributed by atoms with Crippen LogP contribution in [0.2, 0.25) is 0 Å². The fourth-order valence-electron chi connectivity index (χ4n) is 3.67. The predicted octanol–water partition coefficient (Wildman–Crippen LogP) is 1.08. The van der Waals surface area contributed by atoms with Crippen LogP contribution in [0.1, 0.15) is 33.1 Å². The van der Waals surface area contributed by atoms with Gasteiger partial charge in [0.1, 0.15) is 0 Å². The van der Waals surface area contributed by atoms with Gasteiger partial charge in [-0.3, -0.25) is 9.80 Å². The zero-order chi connectivity index (χ0) is 14.5. The van der Waals surface area contributed by atoms with Gasteiger partial charge in [-0.05, 0) is 26.9 Å². The number of nitrogens with zero attached hydrogens (tertiary/aromatic N) is 3. The highest BCUT2D eigenvalue weighted by atomic mass is 15.3. The lowest BCUT2D eigenvalue weighted by atomic mass is 10.0. The molecule has 1 N–H and O–H groups in total. The van der Waals surface area contributed by atoms with E-state index < -0.39 is 0 Å². The standard InChI is InChI=1S/C16H34N4/c1-5-7-14-11-20(15(6-2)10-17-14)13-16-12-18(3)8-9-19(16)4/h14-17H,5-13H2,1-4H3. The first-order valence-corrected chi connectivity index (χ1v) is 8.50. The number of likely N-dealkylation sites (N-methyl/N-ethyl adjacent to an activating group) is 2. The summed E-state index contributed by atoms with van der Waals surface area (Å²) in [4.78, 5) is 7.80. The van der Waals surface area contributed by atoms with Crippen molar-refractivity contribution in [1.82, 2.24) is 20.0 Å². The maximum atomic E-state index is 3.74. The van der Waals surface area contributed by atoms with E-state index in [1.54, 1.807) is 0 Å². The van der Waals surface area contributed by atoms with E-state index in [1.807, 2.05) is 0 Å². The Balaban J connectivity index is 1.92. The van der Waals surface area contributed by atoms with Crippen LogP contribution in [-0.4, -0.2) is 86.2 Å². The number of piperazine rings is 2. The second kappa shape index (κ2) is 7.74. The summed E-state index contributed by atoms with van der Waals surface area (Å²) >= 11 is 0. The molecule has 0 aromatic carbocycles. The molecule has 0 aromatic rings. The molecule has 0 radical (unpaired) electrons. The lowest BCUT2D eigenvalue weighted by Crippen LogP contribution is -2.61. The Labute approximate surface area is 125 Å². The van der Waals surface area contributed by atoms with Crippen molar-refractivity contribution in [3.63, 3.8) is 0 Å². The van der Waals surface area contributed by atoms with Gasteiger partial charge in [-0.2, -0.15) is 0 Å². The summed E-state index contributed by atoms with van der Waals surface area (Å²) in [7, 11) is 4.55. The van der Waals surface area contributed by atoms with Gasteiger partial charge in [0.25, 0.3) is 0 Å². The molecule has 4 heteroatoms. The Morgan fingerprint density at radius 1 is 1.05 bits per heavy atom. The fourth-order valence-corrected chi connectivity index (χ4v) is 3.67. The molecule has 20 heavy (non-hydrogen) atoms. The van der Waals surface area contributed by atoms with E-state index in [0.29, 0.717) is 12.1 Å². The molecule has 2 aliphatic rings. The minimum Gasteiger partial charge on any atom is -0.311 e. The van der Waals surface area contributed by atoms with Crippen LogP contribution in [0.5, 0.6) is 0 Å². The second-order valence-electron chi connectivity index (χ2n) is 6.81. The number of hydrogen-bond donors (Lipinski definition) is 1. The Morgan fingerprint density at radius 3 is 2.55 bits per heavy atom. The van der Waals surface area contributed by atoms with Crippen LogP contribution >= 0.6 is 0 Å². The molecule has 0 bridgehead atoms. The molecule has 2 heterocycles. The third-order valence-electron chi connectivity index (χ3n) is 5.15. The van der Waals surface area contributed by atoms with Gasteiger partial charge in [-0.15, -0.1) is 0 Å². The van der Waals surface area contributed by atoms with Gasteiger partial charge < -0.3 is 10.2 Å². The van der Waals surface area contributed by atoms with Gasteiger partial charge in [-0.1, -0.05) is 20.3 Å². The SMILES string of the molecule is CCCC1CN(CC2CN(C)CCN2C)C(CC)CN1. The van der Waals surface area contributed by atoms with E-state index in [9.17, 15) is 0 Å². The molecule has 0 saturated carbocycles. The van der Waals surface area contributed by atoms with E-state index in [4.69, 9.17) is 0 Å². The minimum absolute atomic E-state index is 0.697. The predicted molar refractivity (Wildman–Crippen MR) is 86.3 cm³/mol. The molecule has 2 aliphatic heterocycles. The maximum absolute atomic E-state index is 3.74. The molecule has 4 nitrogen and oxygen atoms in total. The summed E-state index contributed by atoms with van der Waals surface area (Å²) in [5.41, 5.74) is 0. The average Bonchev–Trinajstić information content (AvgIpc) is 2.44. The molecule has 2 rings (SSSR count). The zero-order valence-electron chi connectivity index (χ0n) is 13.9. The molecule has 0 amide bonds. The van der Waals surface area contributed by atoms with Gasteiger partial charge >= 0.3 is 0 Å². The fraction of sp³-hybridized carbons (Fsp3) is 1.00. The molecule has 0 aliphatic carbocycles. The van der Waals surface area contributed by atoms with Gasteiger partial charge in [-0.25, -0.2) is 0 Å². The largest absolute Gasteiger partial charge is 0.311 e. The van der Waals surface area contributed by atoms with Gasteiger partial charge in [0.05, 0.1) is 0 Å². The van der Waals surface area contributed by atoms with Crippen LogP contribution in [0.15, 0.2) is 0 Å². The van der Waals surface area contributed by atoms with Crippen LogP contribution in [0.4, 0.5) is 0 Å². The van der Waals surface area contributed by atoms with Crippen molar-refractivity contribution >= 4 is 0 Å². The van der Waals surface area contributed by atoms with E-state index >= 15 is 0 Å². The summed E-state index contributed by atoms with van der Waals surface area (Å²) in [5.74, 6) is 0. The summed E-state index contributed by atoms with van der Waals surface area (Å²) < 4.78 is 0. The summed E-state index contributed by atoms with van der Waals surface area (Å²) in [6, 6.07) is 2.13. The van der Waals surface area contributed by atoms with Gasteiger partial charge in [0, 0.05) is 57.4 Å². The first-order valence-electron chi connectivity index (χ1n) is 8.50. The number of nitrogens with one attached hydrogen (secondary N) is 1. The smallest absolute Gasteiger partial charge is 0.0347 e. The highest BCUT2D eigenvalue weighted by molar-refractivity contribution is 4.89. The van der Waals surface area contributed by atoms with Crippen LogP contribution in [0, 0.1) is 0 Å². The van der Waals surface area contributed by atoms with Crippen molar-refractivity contribution in [2.24, 2.45) is 0 Å². The molecule has 2 fully saturated rings. The Hall–Kier alpha value is -0.160. The second-order valence-corrected chi connectivity index (χ2v) is 6.81. The lowest BCUT2D eigenvalue weighted by Gasteiger charge is -2.45. The lowest BCUT2D eigenvalue weighted by molar-refractivity contribution is 0.0473. The molecular formula is C16H34N4. The zero-order valence-corrected chi connectivity index (χ0v) is 13.9. The topological polar surface area (TPSA) is 21.8 Å². The Morgan fingerprint density at radius 2 is 1.85 bits per heavy atom. The van der Waals surface area contributed by atoms with Crippen molar-refractivity contribution in [2.45, 2.75) is 51.2 Å². The summed E-state index contributed by atoms with van der Waals surface area (Å²) in [5, 5.41) is 3.74. The molecule has 0 spiro atoms. The average molecular weight is 282 g/mol. The highest BCUT2D eigenvalue weighted by Crippen LogP contribution is 2.16. The normalized spacial score (nSPS) is 34.5. The highest BCUT2D eigenvalue weighted by Gasteiger charge is 2.30. The molecule has 2 saturated heterocycles. The summed E-state index contributed by atoms with van der Waals surface area (Å²) in [6.45, 7) is 11.9. The van der Waals surface area contributed by atoms with Crippen molar-refractivity contribution < 1.29 is 0 Å². The number of hydrogen-bond acceptors (Lipinski definition) is 4. The number of rotatable bonds is 5. The van der Waals surface area contributed by atoms with E-state index in [-0.39, 0.29) is 0 Å². The van der Waals surface area contributed by atoms with E-state index in [0.717, 1.165) is 6.04 Å². The third-order valence-corrected chi connectivity index (χ3v) is 5.15. The Kier molecular flexibility index (Phi) is 6.27. The van der Waals surface area contributed by atoms with Gasteiger partial charge in [0.2, 0.25) is 0 Å². The summed E-state index contributed by atoms with van der Waals surface area (Å²) in [6.07, 6.45) is 3.86. The minimum atomic E-state index is 0.697. The first kappa shape index (κ1) is 16.2. The van der Waals surface area contributed by atoms with Crippen molar-refractivity contribution in [3.05, 3.63) is 0 Å². The third kappa shape index (κ3) is 4.17. The van der Waals surface area contributed by atoms with Crippen LogP contribution in [0.25, 0.3) is 0 Å².